The van der Waals surface area contributed by atoms with Gasteiger partial charge in [-0.2, -0.15) is 0 Å². The summed E-state index contributed by atoms with van der Waals surface area (Å²) in [6, 6.07) is 12.2. The van der Waals surface area contributed by atoms with E-state index in [9.17, 15) is 9.59 Å². The molecule has 3 N–H and O–H groups in total. The van der Waals surface area contributed by atoms with Crippen LogP contribution in [0.3, 0.4) is 0 Å². The Balaban J connectivity index is 2.07. The number of fused-ring (bicyclic) bond motifs is 1. The van der Waals surface area contributed by atoms with Crippen molar-refractivity contribution in [2.24, 2.45) is 12.8 Å². The molecule has 0 fully saturated rings. The highest BCUT2D eigenvalue weighted by atomic mass is 16.1. The smallest absolute Gasteiger partial charge is 0.260 e. The van der Waals surface area contributed by atoms with Gasteiger partial charge in [0.15, 0.2) is 0 Å². The molecule has 22 heavy (non-hydrogen) atoms. The number of nitrogens with zero attached hydrogens (tertiary/aromatic N) is 2. The van der Waals surface area contributed by atoms with Gasteiger partial charge in [-0.1, -0.05) is 12.1 Å². The summed E-state index contributed by atoms with van der Waals surface area (Å²) in [5.41, 5.74) is 7.52. The molecule has 6 nitrogen and oxygen atoms in total. The van der Waals surface area contributed by atoms with E-state index in [1.54, 1.807) is 49.5 Å². The van der Waals surface area contributed by atoms with E-state index in [0.29, 0.717) is 27.8 Å². The Morgan fingerprint density at radius 1 is 1.23 bits per heavy atom. The predicted molar refractivity (Wildman–Crippen MR) is 85.2 cm³/mol. The van der Waals surface area contributed by atoms with E-state index in [0.717, 1.165) is 0 Å². The summed E-state index contributed by atoms with van der Waals surface area (Å²) < 4.78 is 1.42. The van der Waals surface area contributed by atoms with Crippen molar-refractivity contribution in [1.82, 2.24) is 9.55 Å². The lowest BCUT2D eigenvalue weighted by atomic mass is 10.1. The number of hydrogen-bond acceptors (Lipinski definition) is 4. The first-order chi connectivity index (χ1) is 10.6. The van der Waals surface area contributed by atoms with Crippen molar-refractivity contribution in [3.05, 3.63) is 64.7 Å². The fourth-order valence-corrected chi connectivity index (χ4v) is 2.25. The van der Waals surface area contributed by atoms with Gasteiger partial charge in [0, 0.05) is 12.7 Å². The van der Waals surface area contributed by atoms with E-state index in [4.69, 9.17) is 5.73 Å². The van der Waals surface area contributed by atoms with Gasteiger partial charge in [-0.3, -0.25) is 9.59 Å². The molecule has 6 heteroatoms. The number of carbonyl (C=O) groups excluding carboxylic acids is 1. The lowest BCUT2D eigenvalue weighted by Crippen LogP contribution is -2.17. The molecule has 110 valence electrons. The minimum Gasteiger partial charge on any atom is -0.366 e. The highest BCUT2D eigenvalue weighted by Crippen LogP contribution is 2.22. The van der Waals surface area contributed by atoms with E-state index < -0.39 is 5.91 Å². The zero-order valence-electron chi connectivity index (χ0n) is 11.9. The van der Waals surface area contributed by atoms with Crippen LogP contribution in [-0.2, 0) is 7.05 Å². The summed E-state index contributed by atoms with van der Waals surface area (Å²) in [4.78, 5) is 27.8. The summed E-state index contributed by atoms with van der Waals surface area (Å²) in [7, 11) is 1.65. The Bertz CT molecular complexity index is 931. The lowest BCUT2D eigenvalue weighted by molar-refractivity contribution is 0.100. The molecule has 0 bridgehead atoms. The number of carbonyl (C=O) groups is 1. The average molecular weight is 294 g/mol. The molecule has 3 aromatic rings. The highest BCUT2D eigenvalue weighted by Gasteiger charge is 2.08. The summed E-state index contributed by atoms with van der Waals surface area (Å²) >= 11 is 0. The molecule has 0 atom stereocenters. The van der Waals surface area contributed by atoms with Gasteiger partial charge in [-0.25, -0.2) is 4.98 Å². The Kier molecular flexibility index (Phi) is 3.34. The van der Waals surface area contributed by atoms with Crippen LogP contribution in [0, 0.1) is 0 Å². The molecule has 0 aliphatic carbocycles. The molecule has 3 rings (SSSR count). The van der Waals surface area contributed by atoms with Crippen molar-refractivity contribution in [1.29, 1.82) is 0 Å². The van der Waals surface area contributed by atoms with E-state index in [-0.39, 0.29) is 5.56 Å². The molecule has 0 aliphatic heterocycles. The second-order valence-corrected chi connectivity index (χ2v) is 4.93. The number of nitrogens with two attached hydrogens (primary N) is 1. The van der Waals surface area contributed by atoms with Gasteiger partial charge in [0.1, 0.15) is 0 Å². The molecule has 0 saturated carbocycles. The van der Waals surface area contributed by atoms with E-state index >= 15 is 0 Å². The van der Waals surface area contributed by atoms with Crippen LogP contribution in [0.2, 0.25) is 0 Å². The van der Waals surface area contributed by atoms with Crippen molar-refractivity contribution >= 4 is 28.2 Å². The summed E-state index contributed by atoms with van der Waals surface area (Å²) in [6.07, 6.45) is 1.49. The number of hydrogen-bond donors (Lipinski definition) is 2. The second-order valence-electron chi connectivity index (χ2n) is 4.93. The van der Waals surface area contributed by atoms with Crippen molar-refractivity contribution in [3.8, 4) is 0 Å². The third-order valence-electron chi connectivity index (χ3n) is 3.39. The van der Waals surface area contributed by atoms with Gasteiger partial charge in [0.05, 0.1) is 28.5 Å². The normalized spacial score (nSPS) is 10.6. The maximum absolute atomic E-state index is 12.1. The van der Waals surface area contributed by atoms with Crippen LogP contribution in [-0.4, -0.2) is 15.5 Å². The molecular weight excluding hydrogens is 280 g/mol. The third kappa shape index (κ3) is 2.42. The van der Waals surface area contributed by atoms with Crippen molar-refractivity contribution in [2.45, 2.75) is 0 Å². The van der Waals surface area contributed by atoms with Crippen molar-refractivity contribution in [2.75, 3.05) is 5.32 Å². The number of amides is 1. The number of primary amides is 1. The Hall–Kier alpha value is -3.15. The SMILES string of the molecule is Cn1cnc2ccc(Nc3ccccc3C(N)=O)cc2c1=O. The van der Waals surface area contributed by atoms with Gasteiger partial charge in [0.2, 0.25) is 0 Å². The van der Waals surface area contributed by atoms with Crippen LogP contribution < -0.4 is 16.6 Å². The largest absolute Gasteiger partial charge is 0.366 e. The molecule has 0 radical (unpaired) electrons. The predicted octanol–water partition coefficient (Wildman–Crippen LogP) is 1.78. The first-order valence-corrected chi connectivity index (χ1v) is 6.67. The maximum Gasteiger partial charge on any atom is 0.260 e. The minimum absolute atomic E-state index is 0.128. The minimum atomic E-state index is -0.513. The number of nitrogens with one attached hydrogen (secondary N) is 1. The highest BCUT2D eigenvalue weighted by molar-refractivity contribution is 5.99. The summed E-state index contributed by atoms with van der Waals surface area (Å²) in [5, 5.41) is 3.62. The third-order valence-corrected chi connectivity index (χ3v) is 3.39. The molecular formula is C16H14N4O2. The second kappa shape index (κ2) is 5.33. The molecule has 0 aliphatic rings. The monoisotopic (exact) mass is 294 g/mol. The Labute approximate surface area is 126 Å². The van der Waals surface area contributed by atoms with Crippen molar-refractivity contribution in [3.63, 3.8) is 0 Å². The first-order valence-electron chi connectivity index (χ1n) is 6.67. The number of rotatable bonds is 3. The number of benzene rings is 2. The topological polar surface area (TPSA) is 90.0 Å². The molecule has 1 amide bonds. The fourth-order valence-electron chi connectivity index (χ4n) is 2.25. The van der Waals surface area contributed by atoms with Gasteiger partial charge < -0.3 is 15.6 Å². The van der Waals surface area contributed by atoms with Crippen LogP contribution in [0.1, 0.15) is 10.4 Å². The standard InChI is InChI=1S/C16H14N4O2/c1-20-9-18-13-7-6-10(8-12(13)16(20)22)19-14-5-3-2-4-11(14)15(17)21/h2-9,19H,1H3,(H2,17,21). The van der Waals surface area contributed by atoms with Crippen LogP contribution in [0.25, 0.3) is 10.9 Å². The maximum atomic E-state index is 12.1. The Morgan fingerprint density at radius 2 is 2.00 bits per heavy atom. The average Bonchev–Trinajstić information content (AvgIpc) is 2.52. The van der Waals surface area contributed by atoms with E-state index in [2.05, 4.69) is 10.3 Å². The van der Waals surface area contributed by atoms with Crippen molar-refractivity contribution < 1.29 is 4.79 Å². The number of aryl methyl sites for hydroxylation is 1. The lowest BCUT2D eigenvalue weighted by Gasteiger charge is -2.10. The zero-order chi connectivity index (χ0) is 15.7. The van der Waals surface area contributed by atoms with Gasteiger partial charge in [-0.05, 0) is 30.3 Å². The number of aromatic nitrogens is 2. The summed E-state index contributed by atoms with van der Waals surface area (Å²) in [6.45, 7) is 0. The quantitative estimate of drug-likeness (QED) is 0.770. The first kappa shape index (κ1) is 13.8. The van der Waals surface area contributed by atoms with Gasteiger partial charge in [0.25, 0.3) is 11.5 Å². The number of para-hydroxylation sites is 1. The Morgan fingerprint density at radius 3 is 2.77 bits per heavy atom. The number of anilines is 2. The molecule has 0 spiro atoms. The zero-order valence-corrected chi connectivity index (χ0v) is 11.9. The summed E-state index contributed by atoms with van der Waals surface area (Å²) in [5.74, 6) is -0.513. The van der Waals surface area contributed by atoms with Gasteiger partial charge >= 0.3 is 0 Å². The van der Waals surface area contributed by atoms with Crippen LogP contribution in [0.4, 0.5) is 11.4 Å². The fraction of sp³-hybridized carbons (Fsp3) is 0.0625. The van der Waals surface area contributed by atoms with E-state index in [1.165, 1.54) is 10.9 Å². The molecule has 1 aromatic heterocycles. The van der Waals surface area contributed by atoms with Crippen LogP contribution in [0.15, 0.2) is 53.6 Å². The van der Waals surface area contributed by atoms with Gasteiger partial charge in [-0.15, -0.1) is 0 Å². The van der Waals surface area contributed by atoms with Crippen LogP contribution in [0.5, 0.6) is 0 Å². The molecule has 0 unspecified atom stereocenters. The van der Waals surface area contributed by atoms with E-state index in [1.807, 2.05) is 0 Å². The molecule has 2 aromatic carbocycles. The molecule has 0 saturated heterocycles. The van der Waals surface area contributed by atoms with Crippen LogP contribution >= 0.6 is 0 Å². The molecule has 1 heterocycles.